The van der Waals surface area contributed by atoms with Crippen molar-refractivity contribution in [2.24, 2.45) is 0 Å². The van der Waals surface area contributed by atoms with Gasteiger partial charge < -0.3 is 14.6 Å². The summed E-state index contributed by atoms with van der Waals surface area (Å²) in [7, 11) is 3.12. The third kappa shape index (κ3) is 20.4. The number of ether oxygens (including phenoxy) is 2. The van der Waals surface area contributed by atoms with E-state index in [1.54, 1.807) is 7.85 Å². The van der Waals surface area contributed by atoms with Gasteiger partial charge in [0.25, 0.3) is 0 Å². The van der Waals surface area contributed by atoms with Crippen LogP contribution in [-0.2, 0) is 14.4 Å². The summed E-state index contributed by atoms with van der Waals surface area (Å²) in [4.78, 5) is 3.81. The second-order valence-electron chi connectivity index (χ2n) is 9.50. The lowest BCUT2D eigenvalue weighted by atomic mass is 9.91. The van der Waals surface area contributed by atoms with Gasteiger partial charge in [-0.1, -0.05) is 122 Å². The summed E-state index contributed by atoms with van der Waals surface area (Å²) in [5.41, 5.74) is 0. The van der Waals surface area contributed by atoms with Gasteiger partial charge in [-0.25, -0.2) is 0 Å². The molecule has 0 radical (unpaired) electrons. The zero-order chi connectivity index (χ0) is 23.7. The maximum absolute atomic E-state index is 12.5. The Morgan fingerprint density at radius 2 is 1.06 bits per heavy atom. The molecule has 0 amide bonds. The molecule has 0 fully saturated rings. The number of halogens is 1. The Labute approximate surface area is 199 Å². The Balaban J connectivity index is 3.22. The predicted molar refractivity (Wildman–Crippen MR) is 136 cm³/mol. The summed E-state index contributed by atoms with van der Waals surface area (Å²) in [5, 5.41) is 9.90. The lowest BCUT2D eigenvalue weighted by Crippen LogP contribution is -2.42. The quantitative estimate of drug-likeness (QED) is 0.116. The largest absolute Gasteiger partial charge is 0.388 e. The first kappa shape index (κ1) is 31.8. The third-order valence-electron chi connectivity index (χ3n) is 6.50. The van der Waals surface area contributed by atoms with E-state index in [0.29, 0.717) is 6.61 Å². The van der Waals surface area contributed by atoms with Crippen molar-refractivity contribution in [3.8, 4) is 0 Å². The SMILES string of the molecule is BC(OC)C(OF)C(O)COCCCCCCCCCCCCCCCCCCCCC. The van der Waals surface area contributed by atoms with Crippen LogP contribution in [0.3, 0.4) is 0 Å². The zero-order valence-corrected chi connectivity index (χ0v) is 21.6. The molecule has 0 aromatic rings. The Morgan fingerprint density at radius 3 is 1.41 bits per heavy atom. The van der Waals surface area contributed by atoms with Crippen LogP contribution in [0.15, 0.2) is 0 Å². The van der Waals surface area contributed by atoms with Gasteiger partial charge in [-0.3, -0.25) is 0 Å². The molecule has 0 aliphatic rings. The molecule has 0 aliphatic heterocycles. The average Bonchev–Trinajstić information content (AvgIpc) is 2.80. The number of unbranched alkanes of at least 4 members (excludes halogenated alkanes) is 18. The molecule has 0 rings (SSSR count). The van der Waals surface area contributed by atoms with Crippen LogP contribution in [0.1, 0.15) is 129 Å². The van der Waals surface area contributed by atoms with Crippen molar-refractivity contribution >= 4 is 7.85 Å². The fraction of sp³-hybridized carbons (Fsp3) is 1.00. The highest BCUT2D eigenvalue weighted by Gasteiger charge is 2.27. The fourth-order valence-corrected chi connectivity index (χ4v) is 4.16. The van der Waals surface area contributed by atoms with Gasteiger partial charge >= 0.3 is 0 Å². The van der Waals surface area contributed by atoms with Crippen molar-refractivity contribution in [2.75, 3.05) is 20.3 Å². The first-order valence-electron chi connectivity index (χ1n) is 13.7. The predicted octanol–water partition coefficient (Wildman–Crippen LogP) is 6.67. The third-order valence-corrected chi connectivity index (χ3v) is 6.50. The second-order valence-corrected chi connectivity index (χ2v) is 9.50. The minimum Gasteiger partial charge on any atom is -0.388 e. The highest BCUT2D eigenvalue weighted by atomic mass is 19.3. The standard InChI is InChI=1S/C26H54BFO4/c1-3-4-5-6-7-8-9-10-11-12-13-14-15-16-17-18-19-20-21-22-31-23-24(29)25(32-28)26(27)30-2/h24-26,29H,3-23,27H2,1-2H3. The van der Waals surface area contributed by atoms with Crippen LogP contribution in [0.25, 0.3) is 0 Å². The lowest BCUT2D eigenvalue weighted by Gasteiger charge is -2.23. The van der Waals surface area contributed by atoms with Crippen LogP contribution in [0, 0.1) is 0 Å². The van der Waals surface area contributed by atoms with Gasteiger partial charge in [0, 0.05) is 13.7 Å². The molecule has 4 nitrogen and oxygen atoms in total. The molecule has 192 valence electrons. The van der Waals surface area contributed by atoms with Gasteiger partial charge in [0.15, 0.2) is 0 Å². The number of methoxy groups -OCH3 is 1. The van der Waals surface area contributed by atoms with Gasteiger partial charge in [-0.15, -0.1) is 0 Å². The number of aliphatic hydroxyl groups excluding tert-OH is 1. The molecular weight excluding hydrogens is 406 g/mol. The van der Waals surface area contributed by atoms with Gasteiger partial charge in [0.1, 0.15) is 20.1 Å². The number of rotatable bonds is 26. The van der Waals surface area contributed by atoms with E-state index in [2.05, 4.69) is 11.9 Å². The first-order valence-corrected chi connectivity index (χ1v) is 13.7. The molecule has 0 heterocycles. The molecule has 0 saturated heterocycles. The van der Waals surface area contributed by atoms with Crippen LogP contribution in [0.2, 0.25) is 0 Å². The van der Waals surface area contributed by atoms with Crippen LogP contribution < -0.4 is 0 Å². The van der Waals surface area contributed by atoms with Crippen molar-refractivity contribution in [2.45, 2.75) is 147 Å². The smallest absolute Gasteiger partial charge is 0.144 e. The van der Waals surface area contributed by atoms with E-state index in [4.69, 9.17) is 9.47 Å². The monoisotopic (exact) mass is 460 g/mol. The number of aliphatic hydroxyl groups is 1. The lowest BCUT2D eigenvalue weighted by molar-refractivity contribution is -0.234. The van der Waals surface area contributed by atoms with Crippen molar-refractivity contribution in [3.05, 3.63) is 0 Å². The Hall–Kier alpha value is -0.165. The summed E-state index contributed by atoms with van der Waals surface area (Å²) in [5.74, 6) is 0. The van der Waals surface area contributed by atoms with E-state index in [1.165, 1.54) is 116 Å². The molecule has 0 aromatic carbocycles. The average molecular weight is 461 g/mol. The first-order chi connectivity index (χ1) is 15.7. The molecule has 0 saturated carbocycles. The Kier molecular flexibility index (Phi) is 25.3. The topological polar surface area (TPSA) is 47.9 Å². The van der Waals surface area contributed by atoms with Crippen molar-refractivity contribution in [3.63, 3.8) is 0 Å². The molecule has 1 N–H and O–H groups in total. The highest BCUT2D eigenvalue weighted by Crippen LogP contribution is 2.14. The van der Waals surface area contributed by atoms with E-state index < -0.39 is 18.2 Å². The fourth-order valence-electron chi connectivity index (χ4n) is 4.16. The van der Waals surface area contributed by atoms with Gasteiger partial charge in [-0.2, -0.15) is 4.94 Å². The van der Waals surface area contributed by atoms with Crippen molar-refractivity contribution < 1.29 is 24.0 Å². The maximum Gasteiger partial charge on any atom is 0.144 e. The van der Waals surface area contributed by atoms with Crippen molar-refractivity contribution in [1.82, 2.24) is 0 Å². The van der Waals surface area contributed by atoms with E-state index in [1.807, 2.05) is 0 Å². The summed E-state index contributed by atoms with van der Waals surface area (Å²) < 4.78 is 23.0. The van der Waals surface area contributed by atoms with Crippen LogP contribution in [0.5, 0.6) is 0 Å². The van der Waals surface area contributed by atoms with Gasteiger partial charge in [-0.05, 0) is 10.9 Å². The minimum absolute atomic E-state index is 0.0708. The van der Waals surface area contributed by atoms with Crippen molar-refractivity contribution in [1.29, 1.82) is 0 Å². The molecule has 32 heavy (non-hydrogen) atoms. The van der Waals surface area contributed by atoms with Gasteiger partial charge in [0.05, 0.1) is 12.6 Å². The maximum atomic E-state index is 12.5. The minimum atomic E-state index is -1.02. The molecule has 0 aromatic heterocycles. The van der Waals surface area contributed by atoms with E-state index >= 15 is 0 Å². The summed E-state index contributed by atoms with van der Waals surface area (Å²) in [6.07, 6.45) is 23.8. The van der Waals surface area contributed by atoms with Crippen LogP contribution in [0.4, 0.5) is 4.53 Å². The molecule has 0 aliphatic carbocycles. The van der Waals surface area contributed by atoms with E-state index in [9.17, 15) is 9.63 Å². The summed E-state index contributed by atoms with van der Waals surface area (Å²) >= 11 is 0. The zero-order valence-electron chi connectivity index (χ0n) is 21.6. The molecule has 0 spiro atoms. The van der Waals surface area contributed by atoms with Crippen LogP contribution >= 0.6 is 0 Å². The Bertz CT molecular complexity index is 363. The molecule has 3 atom stereocenters. The second kappa shape index (κ2) is 25.5. The normalized spacial score (nSPS) is 14.5. The Morgan fingerprint density at radius 1 is 0.688 bits per heavy atom. The van der Waals surface area contributed by atoms with E-state index in [-0.39, 0.29) is 6.61 Å². The van der Waals surface area contributed by atoms with Crippen LogP contribution in [-0.4, -0.2) is 51.5 Å². The summed E-state index contributed by atoms with van der Waals surface area (Å²) in [6.45, 7) is 2.95. The molecule has 6 heteroatoms. The molecule has 3 unspecified atom stereocenters. The van der Waals surface area contributed by atoms with Gasteiger partial charge in [0.2, 0.25) is 0 Å². The molecule has 0 bridgehead atoms. The highest BCUT2D eigenvalue weighted by molar-refractivity contribution is 6.11. The number of hydrogen-bond acceptors (Lipinski definition) is 4. The van der Waals surface area contributed by atoms with E-state index in [0.717, 1.165) is 12.8 Å². The number of hydrogen-bond donors (Lipinski definition) is 1. The molecular formula is C26H54BFO4. The summed E-state index contributed by atoms with van der Waals surface area (Å²) in [6, 6.07) is -0.520.